The number of aliphatic imine (C=N–C) groups is 1. The van der Waals surface area contributed by atoms with E-state index in [0.717, 1.165) is 23.6 Å². The fourth-order valence-corrected chi connectivity index (χ4v) is 4.26. The maximum atomic E-state index is 10.9. The lowest BCUT2D eigenvalue weighted by Crippen LogP contribution is -2.37. The highest BCUT2D eigenvalue weighted by Gasteiger charge is 2.39. The number of thioether (sulfide) groups is 1. The fraction of sp³-hybridized carbons (Fsp3) is 0.588. The van der Waals surface area contributed by atoms with Crippen molar-refractivity contribution in [2.45, 2.75) is 44.4 Å². The molecule has 1 heterocycles. The molecule has 1 fully saturated rings. The Morgan fingerprint density at radius 1 is 1.41 bits per heavy atom. The van der Waals surface area contributed by atoms with Crippen molar-refractivity contribution in [2.75, 3.05) is 19.4 Å². The molecule has 0 spiro atoms. The summed E-state index contributed by atoms with van der Waals surface area (Å²) < 4.78 is 5.04. The van der Waals surface area contributed by atoms with E-state index in [1.54, 1.807) is 11.8 Å². The molecule has 1 aliphatic rings. The molecule has 0 aliphatic heterocycles. The van der Waals surface area contributed by atoms with Crippen LogP contribution in [-0.4, -0.2) is 35.4 Å². The van der Waals surface area contributed by atoms with Gasteiger partial charge in [0.05, 0.1) is 5.04 Å². The third-order valence-corrected chi connectivity index (χ3v) is 5.38. The molecule has 1 saturated carbocycles. The molecule has 0 radical (unpaired) electrons. The van der Waals surface area contributed by atoms with Gasteiger partial charge in [0.15, 0.2) is 0 Å². The van der Waals surface area contributed by atoms with Crippen LogP contribution in [0.5, 0.6) is 0 Å². The maximum Gasteiger partial charge on any atom is 0.302 e. The van der Waals surface area contributed by atoms with E-state index < -0.39 is 0 Å². The zero-order chi connectivity index (χ0) is 15.8. The lowest BCUT2D eigenvalue weighted by atomic mass is 9.70. The Labute approximate surface area is 136 Å². The molecule has 1 aromatic rings. The monoisotopic (exact) mass is 320 g/mol. The van der Waals surface area contributed by atoms with Gasteiger partial charge in [-0.25, -0.2) is 0 Å². The summed E-state index contributed by atoms with van der Waals surface area (Å²) in [4.78, 5) is 19.8. The van der Waals surface area contributed by atoms with E-state index in [-0.39, 0.29) is 11.4 Å². The van der Waals surface area contributed by atoms with Gasteiger partial charge >= 0.3 is 5.97 Å². The normalized spacial score (nSPS) is 18.0. The van der Waals surface area contributed by atoms with Gasteiger partial charge in [-0.2, -0.15) is 0 Å². The van der Waals surface area contributed by atoms with Crippen LogP contribution in [-0.2, 0) is 14.9 Å². The van der Waals surface area contributed by atoms with E-state index in [9.17, 15) is 4.79 Å². The lowest BCUT2D eigenvalue weighted by Gasteiger charge is -2.38. The smallest absolute Gasteiger partial charge is 0.302 e. The van der Waals surface area contributed by atoms with Gasteiger partial charge in [0, 0.05) is 37.5 Å². The predicted octanol–water partition coefficient (Wildman–Crippen LogP) is 3.61. The molecule has 0 unspecified atom stereocenters. The zero-order valence-electron chi connectivity index (χ0n) is 13.4. The topological polar surface area (TPSA) is 51.5 Å². The Hall–Kier alpha value is -1.36. The molecule has 1 aromatic heterocycles. The molecule has 120 valence electrons. The molecule has 4 nitrogen and oxygen atoms in total. The van der Waals surface area contributed by atoms with Crippen LogP contribution in [0, 0.1) is 0 Å². The van der Waals surface area contributed by atoms with Gasteiger partial charge in [-0.3, -0.25) is 14.8 Å². The van der Waals surface area contributed by atoms with Crippen molar-refractivity contribution in [1.82, 2.24) is 4.98 Å². The first-order valence-electron chi connectivity index (χ1n) is 7.83. The molecule has 5 heteroatoms. The summed E-state index contributed by atoms with van der Waals surface area (Å²) >= 11 is 1.71. The van der Waals surface area contributed by atoms with Crippen molar-refractivity contribution in [3.05, 3.63) is 30.1 Å². The molecule has 0 aromatic carbocycles. The maximum absolute atomic E-state index is 10.9. The first-order chi connectivity index (χ1) is 10.7. The Balaban J connectivity index is 2.15. The Bertz CT molecular complexity index is 511. The van der Waals surface area contributed by atoms with Crippen LogP contribution >= 0.6 is 11.8 Å². The highest BCUT2D eigenvalue weighted by atomic mass is 32.2. The van der Waals surface area contributed by atoms with Gasteiger partial charge in [0.2, 0.25) is 0 Å². The SMILES string of the molecule is CN=C(SCCOC(C)=O)C1(c2cccnc2)CCCCC1. The van der Waals surface area contributed by atoms with Crippen LogP contribution in [0.1, 0.15) is 44.6 Å². The Morgan fingerprint density at radius 2 is 2.18 bits per heavy atom. The number of esters is 1. The average molecular weight is 320 g/mol. The molecule has 0 saturated heterocycles. The highest BCUT2D eigenvalue weighted by molar-refractivity contribution is 8.14. The number of hydrogen-bond acceptors (Lipinski definition) is 5. The summed E-state index contributed by atoms with van der Waals surface area (Å²) in [5.74, 6) is 0.518. The number of pyridine rings is 1. The third kappa shape index (κ3) is 4.09. The number of nitrogens with zero attached hydrogens (tertiary/aromatic N) is 2. The second-order valence-corrected chi connectivity index (χ2v) is 6.69. The summed E-state index contributed by atoms with van der Waals surface area (Å²) in [6.07, 6.45) is 9.76. The van der Waals surface area contributed by atoms with Gasteiger partial charge in [-0.15, -0.1) is 11.8 Å². The standard InChI is InChI=1S/C17H24N2O2S/c1-14(20)21-11-12-22-16(18-2)17(8-4-3-5-9-17)15-7-6-10-19-13-15/h6-7,10,13H,3-5,8-9,11-12H2,1-2H3. The zero-order valence-corrected chi connectivity index (χ0v) is 14.2. The van der Waals surface area contributed by atoms with Crippen LogP contribution in [0.3, 0.4) is 0 Å². The summed E-state index contributed by atoms with van der Waals surface area (Å²) in [5.41, 5.74) is 1.25. The fourth-order valence-electron chi connectivity index (χ4n) is 3.17. The van der Waals surface area contributed by atoms with E-state index in [2.05, 4.69) is 16.0 Å². The molecule has 0 amide bonds. The first kappa shape index (κ1) is 17.0. The third-order valence-electron chi connectivity index (χ3n) is 4.16. The van der Waals surface area contributed by atoms with E-state index in [1.807, 2.05) is 25.5 Å². The van der Waals surface area contributed by atoms with Crippen molar-refractivity contribution in [1.29, 1.82) is 0 Å². The number of carbonyl (C=O) groups excluding carboxylic acids is 1. The van der Waals surface area contributed by atoms with Gasteiger partial charge in [-0.05, 0) is 24.5 Å². The van der Waals surface area contributed by atoms with Crippen LogP contribution in [0.4, 0.5) is 0 Å². The number of carbonyl (C=O) groups is 1. The molecule has 1 aliphatic carbocycles. The van der Waals surface area contributed by atoms with Crippen LogP contribution in [0.15, 0.2) is 29.5 Å². The van der Waals surface area contributed by atoms with Crippen LogP contribution in [0.25, 0.3) is 0 Å². The van der Waals surface area contributed by atoms with Crippen LogP contribution < -0.4 is 0 Å². The summed E-state index contributed by atoms with van der Waals surface area (Å²) in [7, 11) is 1.86. The minimum absolute atomic E-state index is 0.0118. The van der Waals surface area contributed by atoms with Gasteiger partial charge in [-0.1, -0.05) is 25.3 Å². The van der Waals surface area contributed by atoms with Crippen LogP contribution in [0.2, 0.25) is 0 Å². The largest absolute Gasteiger partial charge is 0.465 e. The van der Waals surface area contributed by atoms with Gasteiger partial charge in [0.1, 0.15) is 6.61 Å². The number of aromatic nitrogens is 1. The van der Waals surface area contributed by atoms with Crippen molar-refractivity contribution < 1.29 is 9.53 Å². The van der Waals surface area contributed by atoms with Crippen molar-refractivity contribution >= 4 is 22.8 Å². The first-order valence-corrected chi connectivity index (χ1v) is 8.81. The molecule has 2 rings (SSSR count). The summed E-state index contributed by atoms with van der Waals surface area (Å²) in [6.45, 7) is 1.87. The van der Waals surface area contributed by atoms with E-state index in [4.69, 9.17) is 4.74 Å². The summed E-state index contributed by atoms with van der Waals surface area (Å²) in [6, 6.07) is 4.17. The molecule has 22 heavy (non-hydrogen) atoms. The average Bonchev–Trinajstić information content (AvgIpc) is 2.56. The van der Waals surface area contributed by atoms with E-state index in [0.29, 0.717) is 6.61 Å². The second-order valence-electron chi connectivity index (χ2n) is 5.60. The number of hydrogen-bond donors (Lipinski definition) is 0. The highest BCUT2D eigenvalue weighted by Crippen LogP contribution is 2.43. The van der Waals surface area contributed by atoms with Crippen molar-refractivity contribution in [3.8, 4) is 0 Å². The minimum Gasteiger partial charge on any atom is -0.465 e. The quantitative estimate of drug-likeness (QED) is 0.360. The van der Waals surface area contributed by atoms with Crippen molar-refractivity contribution in [2.24, 2.45) is 4.99 Å². The molecular weight excluding hydrogens is 296 g/mol. The second kappa shape index (κ2) is 8.32. The molecule has 0 N–H and O–H groups in total. The van der Waals surface area contributed by atoms with Crippen molar-refractivity contribution in [3.63, 3.8) is 0 Å². The minimum atomic E-state index is -0.227. The molecule has 0 bridgehead atoms. The van der Waals surface area contributed by atoms with Gasteiger partial charge in [0.25, 0.3) is 0 Å². The molecular formula is C17H24N2O2S. The van der Waals surface area contributed by atoms with Gasteiger partial charge < -0.3 is 4.74 Å². The lowest BCUT2D eigenvalue weighted by molar-refractivity contribution is -0.140. The number of ether oxygens (including phenoxy) is 1. The Morgan fingerprint density at radius 3 is 2.77 bits per heavy atom. The Kier molecular flexibility index (Phi) is 6.43. The number of rotatable bonds is 5. The summed E-state index contributed by atoms with van der Waals surface area (Å²) in [5, 5.41) is 1.15. The molecule has 0 atom stereocenters. The van der Waals surface area contributed by atoms with E-state index >= 15 is 0 Å². The van der Waals surface area contributed by atoms with E-state index in [1.165, 1.54) is 31.7 Å². The predicted molar refractivity (Wildman–Crippen MR) is 91.5 cm³/mol.